The average molecular weight is 574 g/mol. The number of sulfonamides is 1. The number of aromatic nitrogens is 2. The number of benzene rings is 3. The van der Waals surface area contributed by atoms with Crippen LogP contribution in [0.1, 0.15) is 33.5 Å². The van der Waals surface area contributed by atoms with E-state index in [4.69, 9.17) is 0 Å². The van der Waals surface area contributed by atoms with Crippen LogP contribution in [0.15, 0.2) is 85.1 Å². The summed E-state index contributed by atoms with van der Waals surface area (Å²) in [6.07, 6.45) is 4.12. The second kappa shape index (κ2) is 13.9. The van der Waals surface area contributed by atoms with E-state index >= 15 is 0 Å². The molecule has 1 aromatic heterocycles. The Morgan fingerprint density at radius 3 is 2.49 bits per heavy atom. The van der Waals surface area contributed by atoms with Gasteiger partial charge in [-0.1, -0.05) is 48.5 Å². The highest BCUT2D eigenvalue weighted by atomic mass is 32.2. The fraction of sp³-hybridized carbons (Fsp3) is 0.258. The molecular formula is C31H35N5O4S. The number of hydrogen-bond acceptors (Lipinski definition) is 7. The molecule has 214 valence electrons. The number of anilines is 1. The number of amides is 1. The molecule has 0 spiro atoms. The van der Waals surface area contributed by atoms with Gasteiger partial charge in [0.25, 0.3) is 5.91 Å². The number of aryl methyl sites for hydroxylation is 1. The molecule has 0 aliphatic heterocycles. The van der Waals surface area contributed by atoms with Gasteiger partial charge in [0, 0.05) is 43.5 Å². The number of hydrogen-bond donors (Lipinski definition) is 3. The van der Waals surface area contributed by atoms with E-state index in [0.29, 0.717) is 31.0 Å². The Labute approximate surface area is 241 Å². The Kier molecular flexibility index (Phi) is 10.0. The summed E-state index contributed by atoms with van der Waals surface area (Å²) in [6, 6.07) is 23.9. The van der Waals surface area contributed by atoms with Crippen molar-refractivity contribution < 1.29 is 18.3 Å². The second-order valence-corrected chi connectivity index (χ2v) is 11.8. The first kappa shape index (κ1) is 29.7. The van der Waals surface area contributed by atoms with Gasteiger partial charge in [-0.3, -0.25) is 4.79 Å². The molecule has 1 amide bonds. The lowest BCUT2D eigenvalue weighted by atomic mass is 10.1. The summed E-state index contributed by atoms with van der Waals surface area (Å²) in [5.41, 5.74) is 5.00. The topological polar surface area (TPSA) is 125 Å². The molecule has 41 heavy (non-hydrogen) atoms. The van der Waals surface area contributed by atoms with Gasteiger partial charge in [-0.15, -0.1) is 0 Å². The highest BCUT2D eigenvalue weighted by Gasteiger charge is 2.17. The lowest BCUT2D eigenvalue weighted by Gasteiger charge is -2.20. The molecule has 0 fully saturated rings. The maximum atomic E-state index is 12.5. The van der Waals surface area contributed by atoms with Crippen LogP contribution in [0.25, 0.3) is 11.3 Å². The number of carbonyl (C=O) groups is 1. The largest absolute Gasteiger partial charge is 0.508 e. The smallest absolute Gasteiger partial charge is 0.251 e. The second-order valence-electron chi connectivity index (χ2n) is 9.83. The molecule has 9 nitrogen and oxygen atoms in total. The first-order valence-electron chi connectivity index (χ1n) is 13.4. The zero-order valence-electron chi connectivity index (χ0n) is 23.2. The molecule has 0 bridgehead atoms. The predicted octanol–water partition coefficient (Wildman–Crippen LogP) is 4.39. The molecule has 0 saturated heterocycles. The summed E-state index contributed by atoms with van der Waals surface area (Å²) in [5, 5.41) is 15.5. The van der Waals surface area contributed by atoms with Crippen molar-refractivity contribution >= 4 is 21.9 Å². The lowest BCUT2D eigenvalue weighted by molar-refractivity contribution is 0.0952. The van der Waals surface area contributed by atoms with Gasteiger partial charge in [-0.25, -0.2) is 18.4 Å². The number of aromatic hydroxyl groups is 1. The Morgan fingerprint density at radius 2 is 1.73 bits per heavy atom. The standard InChI is InChI=1S/C31H35N5O4S/c1-23-7-3-4-10-28(23)30(38)32-17-6-20-36(41(2,39)40)22-25-8-5-9-26(21-25)29-16-19-34-31(35-29)33-18-15-24-11-13-27(37)14-12-24/h3-5,7-14,16,19,21,37H,6,15,17-18,20,22H2,1-2H3,(H,32,38)(H,33,34,35). The number of carbonyl (C=O) groups excluding carboxylic acids is 1. The molecule has 3 N–H and O–H groups in total. The summed E-state index contributed by atoms with van der Waals surface area (Å²) < 4.78 is 26.5. The number of nitrogens with zero attached hydrogens (tertiary/aromatic N) is 3. The summed E-state index contributed by atoms with van der Waals surface area (Å²) in [6.45, 7) is 3.36. The summed E-state index contributed by atoms with van der Waals surface area (Å²) >= 11 is 0. The Morgan fingerprint density at radius 1 is 0.951 bits per heavy atom. The van der Waals surface area contributed by atoms with Gasteiger partial charge in [-0.05, 0) is 66.8 Å². The van der Waals surface area contributed by atoms with Crippen LogP contribution in [-0.2, 0) is 23.0 Å². The van der Waals surface area contributed by atoms with Crippen LogP contribution in [0.2, 0.25) is 0 Å². The van der Waals surface area contributed by atoms with Crippen molar-refractivity contribution in [2.45, 2.75) is 26.3 Å². The van der Waals surface area contributed by atoms with Crippen LogP contribution < -0.4 is 10.6 Å². The number of phenols is 1. The van der Waals surface area contributed by atoms with E-state index in [9.17, 15) is 18.3 Å². The van der Waals surface area contributed by atoms with Crippen LogP contribution in [0.5, 0.6) is 5.75 Å². The molecular weight excluding hydrogens is 538 g/mol. The number of phenolic OH excluding ortho intramolecular Hbond substituents is 1. The quantitative estimate of drug-likeness (QED) is 0.203. The van der Waals surface area contributed by atoms with E-state index in [1.807, 2.05) is 67.6 Å². The van der Waals surface area contributed by atoms with Gasteiger partial charge in [-0.2, -0.15) is 4.31 Å². The van der Waals surface area contributed by atoms with Gasteiger partial charge >= 0.3 is 0 Å². The molecule has 0 unspecified atom stereocenters. The van der Waals surface area contributed by atoms with E-state index in [-0.39, 0.29) is 24.7 Å². The summed E-state index contributed by atoms with van der Waals surface area (Å²) in [5.74, 6) is 0.569. The van der Waals surface area contributed by atoms with Crippen molar-refractivity contribution in [2.24, 2.45) is 0 Å². The first-order chi connectivity index (χ1) is 19.7. The number of nitrogens with one attached hydrogen (secondary N) is 2. The fourth-order valence-electron chi connectivity index (χ4n) is 4.36. The van der Waals surface area contributed by atoms with Crippen LogP contribution in [0.3, 0.4) is 0 Å². The molecule has 0 atom stereocenters. The molecule has 10 heteroatoms. The normalized spacial score (nSPS) is 11.4. The molecule has 0 radical (unpaired) electrons. The molecule has 1 heterocycles. The molecule has 4 aromatic rings. The van der Waals surface area contributed by atoms with E-state index in [1.54, 1.807) is 24.4 Å². The van der Waals surface area contributed by atoms with Gasteiger partial charge in [0.05, 0.1) is 11.9 Å². The van der Waals surface area contributed by atoms with Crippen molar-refractivity contribution in [3.8, 4) is 17.0 Å². The maximum absolute atomic E-state index is 12.5. The van der Waals surface area contributed by atoms with E-state index in [2.05, 4.69) is 20.6 Å². The van der Waals surface area contributed by atoms with Crippen molar-refractivity contribution in [1.82, 2.24) is 19.6 Å². The van der Waals surface area contributed by atoms with Gasteiger partial charge in [0.1, 0.15) is 5.75 Å². The van der Waals surface area contributed by atoms with Crippen molar-refractivity contribution in [3.63, 3.8) is 0 Å². The van der Waals surface area contributed by atoms with Gasteiger partial charge < -0.3 is 15.7 Å². The minimum Gasteiger partial charge on any atom is -0.508 e. The zero-order chi connectivity index (χ0) is 29.2. The molecule has 0 saturated carbocycles. The molecule has 4 rings (SSSR count). The SMILES string of the molecule is Cc1ccccc1C(=O)NCCCN(Cc1cccc(-c2ccnc(NCCc3ccc(O)cc3)n2)c1)S(C)(=O)=O. The maximum Gasteiger partial charge on any atom is 0.251 e. The van der Waals surface area contributed by atoms with Gasteiger partial charge in [0.2, 0.25) is 16.0 Å². The minimum absolute atomic E-state index is 0.166. The molecule has 0 aliphatic rings. The third kappa shape index (κ3) is 8.86. The highest BCUT2D eigenvalue weighted by molar-refractivity contribution is 7.88. The Balaban J connectivity index is 1.34. The monoisotopic (exact) mass is 573 g/mol. The van der Waals surface area contributed by atoms with Crippen molar-refractivity contribution in [3.05, 3.63) is 107 Å². The Hall–Kier alpha value is -4.28. The predicted molar refractivity (Wildman–Crippen MR) is 161 cm³/mol. The zero-order valence-corrected chi connectivity index (χ0v) is 24.1. The van der Waals surface area contributed by atoms with Crippen LogP contribution in [0.4, 0.5) is 5.95 Å². The van der Waals surface area contributed by atoms with E-state index < -0.39 is 10.0 Å². The van der Waals surface area contributed by atoms with Crippen LogP contribution in [0, 0.1) is 6.92 Å². The van der Waals surface area contributed by atoms with E-state index in [0.717, 1.165) is 34.4 Å². The summed E-state index contributed by atoms with van der Waals surface area (Å²) in [7, 11) is -3.47. The fourth-order valence-corrected chi connectivity index (χ4v) is 5.21. The third-order valence-corrected chi connectivity index (χ3v) is 7.85. The van der Waals surface area contributed by atoms with Crippen molar-refractivity contribution in [2.75, 3.05) is 31.2 Å². The first-order valence-corrected chi connectivity index (χ1v) is 15.3. The molecule has 3 aromatic carbocycles. The van der Waals surface area contributed by atoms with Crippen molar-refractivity contribution in [1.29, 1.82) is 0 Å². The number of rotatable bonds is 13. The molecule has 0 aliphatic carbocycles. The van der Waals surface area contributed by atoms with E-state index in [1.165, 1.54) is 10.6 Å². The Bertz CT molecular complexity index is 1580. The third-order valence-electron chi connectivity index (χ3n) is 6.60. The van der Waals surface area contributed by atoms with Crippen LogP contribution in [-0.4, -0.2) is 59.6 Å². The average Bonchev–Trinajstić information content (AvgIpc) is 2.95. The van der Waals surface area contributed by atoms with Gasteiger partial charge in [0.15, 0.2) is 0 Å². The van der Waals surface area contributed by atoms with Crippen LogP contribution >= 0.6 is 0 Å². The summed E-state index contributed by atoms with van der Waals surface area (Å²) in [4.78, 5) is 21.4. The lowest BCUT2D eigenvalue weighted by Crippen LogP contribution is -2.33. The highest BCUT2D eigenvalue weighted by Crippen LogP contribution is 2.21. The minimum atomic E-state index is -3.47.